The molecule has 1 N–H and O–H groups in total. The van der Waals surface area contributed by atoms with Gasteiger partial charge in [-0.05, 0) is 48.0 Å². The summed E-state index contributed by atoms with van der Waals surface area (Å²) in [5, 5.41) is 2.90. The zero-order valence-electron chi connectivity index (χ0n) is 16.3. The van der Waals surface area contributed by atoms with Crippen molar-refractivity contribution in [1.82, 2.24) is 0 Å². The van der Waals surface area contributed by atoms with E-state index in [1.54, 1.807) is 24.3 Å². The highest BCUT2D eigenvalue weighted by Gasteiger charge is 2.28. The van der Waals surface area contributed by atoms with Crippen LogP contribution >= 0.6 is 0 Å². The summed E-state index contributed by atoms with van der Waals surface area (Å²) in [4.78, 5) is 24.2. The number of para-hydroxylation sites is 1. The van der Waals surface area contributed by atoms with Gasteiger partial charge >= 0.3 is 5.97 Å². The summed E-state index contributed by atoms with van der Waals surface area (Å²) < 4.78 is 10.5. The summed E-state index contributed by atoms with van der Waals surface area (Å²) in [5.41, 5.74) is 3.57. The van der Waals surface area contributed by atoms with Crippen molar-refractivity contribution in [2.45, 2.75) is 12.5 Å². The molecule has 30 heavy (non-hydrogen) atoms. The van der Waals surface area contributed by atoms with E-state index in [9.17, 15) is 9.59 Å². The van der Waals surface area contributed by atoms with Gasteiger partial charge in [0.1, 0.15) is 5.75 Å². The van der Waals surface area contributed by atoms with E-state index in [4.69, 9.17) is 9.47 Å². The molecular formula is C25H19NO4. The highest BCUT2D eigenvalue weighted by atomic mass is 16.5. The van der Waals surface area contributed by atoms with Crippen molar-refractivity contribution >= 4 is 17.6 Å². The van der Waals surface area contributed by atoms with Gasteiger partial charge in [0.25, 0.3) is 5.91 Å². The van der Waals surface area contributed by atoms with Crippen LogP contribution < -0.4 is 10.1 Å². The fraction of sp³-hybridized carbons (Fsp3) is 0.120. The molecule has 1 aliphatic rings. The number of benzene rings is 3. The maximum absolute atomic E-state index is 12.6. The van der Waals surface area contributed by atoms with Gasteiger partial charge in [0.15, 0.2) is 6.10 Å². The van der Waals surface area contributed by atoms with Crippen molar-refractivity contribution in [1.29, 1.82) is 0 Å². The van der Waals surface area contributed by atoms with Crippen LogP contribution in [0.15, 0.2) is 72.8 Å². The lowest BCUT2D eigenvalue weighted by Crippen LogP contribution is -2.31. The number of amides is 1. The summed E-state index contributed by atoms with van der Waals surface area (Å²) in [7, 11) is 1.34. The molecule has 0 bridgehead atoms. The lowest BCUT2D eigenvalue weighted by atomic mass is 10.1. The third kappa shape index (κ3) is 4.34. The van der Waals surface area contributed by atoms with Gasteiger partial charge < -0.3 is 14.8 Å². The molecule has 0 saturated heterocycles. The first-order chi connectivity index (χ1) is 14.6. The Balaban J connectivity index is 1.45. The van der Waals surface area contributed by atoms with E-state index in [1.165, 1.54) is 7.11 Å². The zero-order valence-corrected chi connectivity index (χ0v) is 16.3. The number of esters is 1. The van der Waals surface area contributed by atoms with Gasteiger partial charge in [0.2, 0.25) is 0 Å². The van der Waals surface area contributed by atoms with Gasteiger partial charge in [-0.2, -0.15) is 0 Å². The van der Waals surface area contributed by atoms with Crippen LogP contribution in [0.25, 0.3) is 0 Å². The van der Waals surface area contributed by atoms with E-state index < -0.39 is 12.1 Å². The van der Waals surface area contributed by atoms with Crippen LogP contribution in [0.2, 0.25) is 0 Å². The SMILES string of the molecule is COC(=O)c1cccc(C#Cc2cccc(NC(=O)C3Cc4ccccc4O3)c2)c1. The van der Waals surface area contributed by atoms with E-state index in [2.05, 4.69) is 17.2 Å². The minimum Gasteiger partial charge on any atom is -0.480 e. The van der Waals surface area contributed by atoms with Gasteiger partial charge in [-0.1, -0.05) is 42.2 Å². The summed E-state index contributed by atoms with van der Waals surface area (Å²) in [5.74, 6) is 6.25. The Hall–Kier alpha value is -4.04. The second kappa shape index (κ2) is 8.54. The molecule has 0 radical (unpaired) electrons. The molecule has 1 amide bonds. The van der Waals surface area contributed by atoms with Crippen molar-refractivity contribution in [3.8, 4) is 17.6 Å². The van der Waals surface area contributed by atoms with Gasteiger partial charge in [-0.25, -0.2) is 4.79 Å². The number of methoxy groups -OCH3 is 1. The standard InChI is InChI=1S/C25H19NO4/c1-29-25(28)20-9-4-6-17(14-20)12-13-18-7-5-10-21(15-18)26-24(27)23-16-19-8-2-3-11-22(19)30-23/h2-11,14-15,23H,16H2,1H3,(H,26,27). The second-order valence-electron chi connectivity index (χ2n) is 6.81. The van der Waals surface area contributed by atoms with Crippen LogP contribution in [-0.4, -0.2) is 25.1 Å². The zero-order chi connectivity index (χ0) is 20.9. The first-order valence-electron chi connectivity index (χ1n) is 9.48. The topological polar surface area (TPSA) is 64.6 Å². The van der Waals surface area contributed by atoms with Crippen molar-refractivity contribution in [3.05, 3.63) is 95.1 Å². The molecule has 0 aromatic heterocycles. The number of anilines is 1. The highest BCUT2D eigenvalue weighted by molar-refractivity contribution is 5.95. The molecular weight excluding hydrogens is 378 g/mol. The average Bonchev–Trinajstić information content (AvgIpc) is 3.22. The van der Waals surface area contributed by atoms with Crippen molar-refractivity contribution < 1.29 is 19.1 Å². The number of rotatable bonds is 3. The smallest absolute Gasteiger partial charge is 0.337 e. The largest absolute Gasteiger partial charge is 0.480 e. The number of hydrogen-bond acceptors (Lipinski definition) is 4. The van der Waals surface area contributed by atoms with E-state index in [0.29, 0.717) is 23.2 Å². The third-order valence-corrected chi connectivity index (χ3v) is 4.70. The maximum Gasteiger partial charge on any atom is 0.337 e. The van der Waals surface area contributed by atoms with Gasteiger partial charge in [-0.15, -0.1) is 0 Å². The number of fused-ring (bicyclic) bond motifs is 1. The molecule has 1 atom stereocenters. The minimum atomic E-state index is -0.543. The van der Waals surface area contributed by atoms with E-state index >= 15 is 0 Å². The maximum atomic E-state index is 12.6. The van der Waals surface area contributed by atoms with Crippen LogP contribution in [0.4, 0.5) is 5.69 Å². The summed E-state index contributed by atoms with van der Waals surface area (Å²) in [6.07, 6.45) is 0.0103. The monoisotopic (exact) mass is 397 g/mol. The average molecular weight is 397 g/mol. The summed E-state index contributed by atoms with van der Waals surface area (Å²) >= 11 is 0. The molecule has 5 heteroatoms. The van der Waals surface area contributed by atoms with Crippen molar-refractivity contribution in [2.24, 2.45) is 0 Å². The Morgan fingerprint density at radius 3 is 2.47 bits per heavy atom. The molecule has 0 aliphatic carbocycles. The van der Waals surface area contributed by atoms with Crippen LogP contribution in [0.1, 0.15) is 27.0 Å². The van der Waals surface area contributed by atoms with Crippen LogP contribution in [0.5, 0.6) is 5.75 Å². The molecule has 3 aromatic rings. The van der Waals surface area contributed by atoms with E-state index in [0.717, 1.165) is 16.9 Å². The predicted octanol–water partition coefficient (Wildman–Crippen LogP) is 3.82. The third-order valence-electron chi connectivity index (χ3n) is 4.70. The molecule has 3 aromatic carbocycles. The van der Waals surface area contributed by atoms with E-state index in [-0.39, 0.29) is 5.91 Å². The first-order valence-corrected chi connectivity index (χ1v) is 9.48. The molecule has 4 rings (SSSR count). The Morgan fingerprint density at radius 2 is 1.70 bits per heavy atom. The number of carbonyl (C=O) groups is 2. The number of nitrogens with one attached hydrogen (secondary N) is 1. The fourth-order valence-electron chi connectivity index (χ4n) is 3.21. The van der Waals surface area contributed by atoms with E-state index in [1.807, 2.05) is 48.5 Å². The van der Waals surface area contributed by atoms with Crippen molar-refractivity contribution in [3.63, 3.8) is 0 Å². The summed E-state index contributed by atoms with van der Waals surface area (Å²) in [6, 6.07) is 21.9. The van der Waals surface area contributed by atoms with Crippen LogP contribution in [-0.2, 0) is 16.0 Å². The quantitative estimate of drug-likeness (QED) is 0.539. The lowest BCUT2D eigenvalue weighted by molar-refractivity contribution is -0.122. The predicted molar refractivity (Wildman–Crippen MR) is 113 cm³/mol. The van der Waals surface area contributed by atoms with Gasteiger partial charge in [0, 0.05) is 23.2 Å². The first kappa shape index (κ1) is 19.3. The van der Waals surface area contributed by atoms with Gasteiger partial charge in [0.05, 0.1) is 12.7 Å². The molecule has 1 heterocycles. The Labute approximate surface area is 174 Å². The number of hydrogen-bond donors (Lipinski definition) is 1. The number of ether oxygens (including phenoxy) is 2. The Bertz CT molecular complexity index is 1150. The molecule has 0 saturated carbocycles. The van der Waals surface area contributed by atoms with Crippen molar-refractivity contribution in [2.75, 3.05) is 12.4 Å². The Kier molecular flexibility index (Phi) is 5.49. The molecule has 0 spiro atoms. The van der Waals surface area contributed by atoms with Crippen LogP contribution in [0.3, 0.4) is 0 Å². The second-order valence-corrected chi connectivity index (χ2v) is 6.81. The van der Waals surface area contributed by atoms with Gasteiger partial charge in [-0.3, -0.25) is 4.79 Å². The Morgan fingerprint density at radius 1 is 0.967 bits per heavy atom. The summed E-state index contributed by atoms with van der Waals surface area (Å²) in [6.45, 7) is 0. The number of carbonyl (C=O) groups excluding carboxylic acids is 2. The fourth-order valence-corrected chi connectivity index (χ4v) is 3.21. The molecule has 148 valence electrons. The normalized spacial score (nSPS) is 14.0. The van der Waals surface area contributed by atoms with Crippen LogP contribution in [0, 0.1) is 11.8 Å². The highest BCUT2D eigenvalue weighted by Crippen LogP contribution is 2.28. The molecule has 1 aliphatic heterocycles. The molecule has 5 nitrogen and oxygen atoms in total. The lowest BCUT2D eigenvalue weighted by Gasteiger charge is -2.11. The molecule has 0 fully saturated rings. The minimum absolute atomic E-state index is 0.193. The molecule has 1 unspecified atom stereocenters.